The van der Waals surface area contributed by atoms with Crippen molar-refractivity contribution < 1.29 is 14.2 Å². The molecule has 0 spiro atoms. The van der Waals surface area contributed by atoms with Gasteiger partial charge in [-0.05, 0) is 37.7 Å². The number of hydrogen-bond acceptors (Lipinski definition) is 7. The van der Waals surface area contributed by atoms with E-state index in [9.17, 15) is 0 Å². The predicted molar refractivity (Wildman–Crippen MR) is 104 cm³/mol. The van der Waals surface area contributed by atoms with Gasteiger partial charge >= 0.3 is 0 Å². The Bertz CT molecular complexity index is 609. The monoisotopic (exact) mass is 376 g/mol. The molecule has 3 aliphatic rings. The van der Waals surface area contributed by atoms with E-state index < -0.39 is 0 Å². The summed E-state index contributed by atoms with van der Waals surface area (Å²) in [4.78, 5) is 11.5. The molecule has 3 fully saturated rings. The molecule has 0 amide bonds. The summed E-state index contributed by atoms with van der Waals surface area (Å²) in [5.41, 5.74) is 0. The maximum absolute atomic E-state index is 6.00. The SMILES string of the molecule is CC(C)[C@@H]1OCCC[C@@H]1Nc1ccnc(N2CCO[C@H]([C@H]3CCCO3)C2)n1. The van der Waals surface area contributed by atoms with Crippen molar-refractivity contribution in [2.75, 3.05) is 43.1 Å². The highest BCUT2D eigenvalue weighted by Crippen LogP contribution is 2.25. The van der Waals surface area contributed by atoms with Crippen molar-refractivity contribution in [1.82, 2.24) is 9.97 Å². The van der Waals surface area contributed by atoms with E-state index in [-0.39, 0.29) is 18.3 Å². The number of ether oxygens (including phenoxy) is 3. The summed E-state index contributed by atoms with van der Waals surface area (Å²) in [7, 11) is 0. The Morgan fingerprint density at radius 2 is 1.89 bits per heavy atom. The Hall–Kier alpha value is -1.44. The van der Waals surface area contributed by atoms with Gasteiger partial charge in [0, 0.05) is 32.5 Å². The predicted octanol–water partition coefficient (Wildman–Crippen LogP) is 2.48. The topological polar surface area (TPSA) is 68.7 Å². The number of anilines is 2. The second kappa shape index (κ2) is 8.71. The number of rotatable bonds is 5. The summed E-state index contributed by atoms with van der Waals surface area (Å²) in [6.45, 7) is 8.43. The number of aromatic nitrogens is 2. The van der Waals surface area contributed by atoms with E-state index in [1.165, 1.54) is 0 Å². The molecular formula is C20H32N4O3. The standard InChI is InChI=1S/C20H32N4O3/c1-14(2)19-15(5-3-11-27-19)22-18-7-8-21-20(23-18)24-9-12-26-17(13-24)16-6-4-10-25-16/h7-8,14-17,19H,3-6,9-13H2,1-2H3,(H,21,22,23)/t15-,16+,17-,19-/m0/s1. The van der Waals surface area contributed by atoms with Gasteiger partial charge in [0.15, 0.2) is 0 Å². The lowest BCUT2D eigenvalue weighted by molar-refractivity contribution is -0.0545. The van der Waals surface area contributed by atoms with Crippen LogP contribution in [-0.4, -0.2) is 67.2 Å². The minimum absolute atomic E-state index is 0.110. The summed E-state index contributed by atoms with van der Waals surface area (Å²) < 4.78 is 17.8. The van der Waals surface area contributed by atoms with Crippen LogP contribution in [0.1, 0.15) is 39.5 Å². The van der Waals surface area contributed by atoms with Gasteiger partial charge in [-0.1, -0.05) is 13.8 Å². The summed E-state index contributed by atoms with van der Waals surface area (Å²) in [6.07, 6.45) is 6.80. The summed E-state index contributed by atoms with van der Waals surface area (Å²) in [6, 6.07) is 2.25. The van der Waals surface area contributed by atoms with Gasteiger partial charge in [0.1, 0.15) is 11.9 Å². The minimum Gasteiger partial charge on any atom is -0.376 e. The average Bonchev–Trinajstić information content (AvgIpc) is 3.23. The zero-order valence-electron chi connectivity index (χ0n) is 16.5. The molecule has 1 aromatic heterocycles. The molecule has 0 radical (unpaired) electrons. The van der Waals surface area contributed by atoms with Gasteiger partial charge < -0.3 is 24.4 Å². The largest absolute Gasteiger partial charge is 0.376 e. The molecule has 3 aliphatic heterocycles. The highest BCUT2D eigenvalue weighted by molar-refractivity contribution is 5.42. The van der Waals surface area contributed by atoms with E-state index in [0.717, 1.165) is 63.8 Å². The molecule has 150 valence electrons. The minimum atomic E-state index is 0.110. The molecule has 0 bridgehead atoms. The molecule has 4 rings (SSSR count). The van der Waals surface area contributed by atoms with Crippen LogP contribution >= 0.6 is 0 Å². The summed E-state index contributed by atoms with van der Waals surface area (Å²) in [5, 5.41) is 3.60. The van der Waals surface area contributed by atoms with Crippen molar-refractivity contribution in [2.45, 2.75) is 63.9 Å². The smallest absolute Gasteiger partial charge is 0.227 e. The Kier molecular flexibility index (Phi) is 6.10. The Balaban J connectivity index is 1.42. The third-order valence-corrected chi connectivity index (χ3v) is 5.76. The first-order valence-electron chi connectivity index (χ1n) is 10.4. The van der Waals surface area contributed by atoms with Crippen molar-refractivity contribution >= 4 is 11.8 Å². The molecule has 4 heterocycles. The van der Waals surface area contributed by atoms with Crippen molar-refractivity contribution in [3.05, 3.63) is 12.3 Å². The Morgan fingerprint density at radius 3 is 2.70 bits per heavy atom. The van der Waals surface area contributed by atoms with Crippen molar-refractivity contribution in [3.63, 3.8) is 0 Å². The van der Waals surface area contributed by atoms with Gasteiger partial charge in [-0.2, -0.15) is 4.98 Å². The molecule has 0 aliphatic carbocycles. The first-order valence-corrected chi connectivity index (χ1v) is 10.4. The van der Waals surface area contributed by atoms with E-state index in [2.05, 4.69) is 29.0 Å². The van der Waals surface area contributed by atoms with Crippen LogP contribution < -0.4 is 10.2 Å². The number of nitrogens with zero attached hydrogens (tertiary/aromatic N) is 3. The van der Waals surface area contributed by atoms with Gasteiger partial charge in [-0.15, -0.1) is 0 Å². The molecular weight excluding hydrogens is 344 g/mol. The van der Waals surface area contributed by atoms with Crippen LogP contribution in [-0.2, 0) is 14.2 Å². The quantitative estimate of drug-likeness (QED) is 0.847. The van der Waals surface area contributed by atoms with Crippen LogP contribution in [0, 0.1) is 5.92 Å². The first-order chi connectivity index (χ1) is 13.2. The highest BCUT2D eigenvalue weighted by Gasteiger charge is 2.32. The molecule has 0 saturated carbocycles. The molecule has 0 aromatic carbocycles. The lowest BCUT2D eigenvalue weighted by Gasteiger charge is -2.36. The summed E-state index contributed by atoms with van der Waals surface area (Å²) in [5.74, 6) is 2.13. The van der Waals surface area contributed by atoms with Crippen LogP contribution in [0.4, 0.5) is 11.8 Å². The molecule has 27 heavy (non-hydrogen) atoms. The molecule has 3 saturated heterocycles. The van der Waals surface area contributed by atoms with Crippen LogP contribution in [0.15, 0.2) is 12.3 Å². The maximum atomic E-state index is 6.00. The van der Waals surface area contributed by atoms with E-state index in [0.29, 0.717) is 18.6 Å². The molecule has 1 aromatic rings. The van der Waals surface area contributed by atoms with Crippen LogP contribution in [0.25, 0.3) is 0 Å². The van der Waals surface area contributed by atoms with Gasteiger partial charge in [0.05, 0.1) is 24.9 Å². The third kappa shape index (κ3) is 4.52. The summed E-state index contributed by atoms with van der Waals surface area (Å²) >= 11 is 0. The fourth-order valence-corrected chi connectivity index (χ4v) is 4.36. The van der Waals surface area contributed by atoms with Crippen molar-refractivity contribution in [3.8, 4) is 0 Å². The average molecular weight is 377 g/mol. The van der Waals surface area contributed by atoms with Gasteiger partial charge in [-0.3, -0.25) is 0 Å². The van der Waals surface area contributed by atoms with Crippen molar-refractivity contribution in [2.24, 2.45) is 5.92 Å². The van der Waals surface area contributed by atoms with Gasteiger partial charge in [0.2, 0.25) is 5.95 Å². The molecule has 4 atom stereocenters. The van der Waals surface area contributed by atoms with E-state index in [1.807, 2.05) is 12.3 Å². The van der Waals surface area contributed by atoms with Gasteiger partial charge in [-0.25, -0.2) is 4.98 Å². The fraction of sp³-hybridized carbons (Fsp3) is 0.800. The van der Waals surface area contributed by atoms with Crippen LogP contribution in [0.2, 0.25) is 0 Å². The second-order valence-electron chi connectivity index (χ2n) is 8.12. The molecule has 7 nitrogen and oxygen atoms in total. The number of hydrogen-bond donors (Lipinski definition) is 1. The van der Waals surface area contributed by atoms with Crippen LogP contribution in [0.3, 0.4) is 0 Å². The van der Waals surface area contributed by atoms with Crippen LogP contribution in [0.5, 0.6) is 0 Å². The molecule has 1 N–H and O–H groups in total. The van der Waals surface area contributed by atoms with E-state index >= 15 is 0 Å². The fourth-order valence-electron chi connectivity index (χ4n) is 4.36. The van der Waals surface area contributed by atoms with E-state index in [1.54, 1.807) is 0 Å². The number of morpholine rings is 1. The van der Waals surface area contributed by atoms with Crippen molar-refractivity contribution in [1.29, 1.82) is 0 Å². The lowest BCUT2D eigenvalue weighted by atomic mass is 9.94. The van der Waals surface area contributed by atoms with Gasteiger partial charge in [0.25, 0.3) is 0 Å². The zero-order valence-corrected chi connectivity index (χ0v) is 16.5. The lowest BCUT2D eigenvalue weighted by Crippen LogP contribution is -2.48. The Morgan fingerprint density at radius 1 is 1.07 bits per heavy atom. The number of nitrogens with one attached hydrogen (secondary N) is 1. The first kappa shape index (κ1) is 18.9. The van der Waals surface area contributed by atoms with E-state index in [4.69, 9.17) is 19.2 Å². The third-order valence-electron chi connectivity index (χ3n) is 5.76. The molecule has 0 unspecified atom stereocenters. The highest BCUT2D eigenvalue weighted by atomic mass is 16.5. The second-order valence-corrected chi connectivity index (χ2v) is 8.12. The Labute approximate surface area is 161 Å². The maximum Gasteiger partial charge on any atom is 0.227 e. The normalized spacial score (nSPS) is 32.0. The molecule has 7 heteroatoms. The zero-order chi connectivity index (χ0) is 18.6.